The number of imide groups is 2. The number of nitrogens with zero attached hydrogens (tertiary/aromatic N) is 2. The smallest absolute Gasteiger partial charge is 0.407 e. The standard InChI is InChI=1S/C72H129N5O36/c1-86-13-15-88-17-19-90-21-23-92-25-27-94-29-31-96-33-35-98-37-39-100-41-43-102-45-47-104-49-51-106-53-55-108-57-59-110-61-72(63-112-71(85)74-11-8-70(84)113-77-68(82)5-6-69(77)83,75-65(79)7-10-73-64(78)9-12-76-66(80)3-4-67(76)81)62-111-60-58-109-56-54-107-52-50-105-48-46-103-44-42-101-40-38-99-36-34-97-32-30-95-28-26-93-24-22-91-20-18-89-16-14-87-2/h3-4H,5-63H2,1-2H3,(H,73,78)(H,74,85)(H,75,79). The van der Waals surface area contributed by atoms with Gasteiger partial charge in [-0.2, -0.15) is 0 Å². The highest BCUT2D eigenvalue weighted by molar-refractivity contribution is 6.13. The van der Waals surface area contributed by atoms with E-state index in [1.54, 1.807) is 14.2 Å². The lowest BCUT2D eigenvalue weighted by molar-refractivity contribution is -0.197. The third kappa shape index (κ3) is 66.4. The number of rotatable bonds is 89. The minimum Gasteiger partial charge on any atom is -0.447 e. The van der Waals surface area contributed by atoms with Crippen molar-refractivity contribution in [1.82, 2.24) is 25.9 Å². The fraction of sp³-hybridized carbons (Fsp3) is 0.861. The molecule has 0 saturated carbocycles. The van der Waals surface area contributed by atoms with Gasteiger partial charge in [0.2, 0.25) is 11.8 Å². The lowest BCUT2D eigenvalue weighted by Gasteiger charge is -2.34. The minimum absolute atomic E-state index is 0.00264. The molecule has 0 radical (unpaired) electrons. The van der Waals surface area contributed by atoms with Gasteiger partial charge in [-0.05, 0) is 0 Å². The molecule has 0 aromatic rings. The first-order valence-corrected chi connectivity index (χ1v) is 38.4. The largest absolute Gasteiger partial charge is 0.447 e. The van der Waals surface area contributed by atoms with E-state index in [2.05, 4.69) is 16.0 Å². The average molecular weight is 1640 g/mol. The van der Waals surface area contributed by atoms with Crippen molar-refractivity contribution in [3.63, 3.8) is 0 Å². The minimum atomic E-state index is -1.58. The van der Waals surface area contributed by atoms with Gasteiger partial charge in [0.25, 0.3) is 23.6 Å². The van der Waals surface area contributed by atoms with Crippen LogP contribution in [0.3, 0.4) is 0 Å². The van der Waals surface area contributed by atoms with Gasteiger partial charge in [-0.3, -0.25) is 33.7 Å². The average Bonchev–Trinajstić information content (AvgIpc) is 1.86. The van der Waals surface area contributed by atoms with Crippen molar-refractivity contribution in [2.24, 2.45) is 0 Å². The molecule has 0 aliphatic carbocycles. The van der Waals surface area contributed by atoms with Gasteiger partial charge in [0.05, 0.1) is 337 Å². The number of carbonyl (C=O) groups is 8. The summed E-state index contributed by atoms with van der Waals surface area (Å²) in [5, 5.41) is 8.20. The first-order valence-electron chi connectivity index (χ1n) is 38.4. The Bertz CT molecular complexity index is 2230. The second-order valence-electron chi connectivity index (χ2n) is 23.7. The van der Waals surface area contributed by atoms with E-state index in [0.29, 0.717) is 269 Å². The molecule has 113 heavy (non-hydrogen) atoms. The van der Waals surface area contributed by atoms with Crippen molar-refractivity contribution in [1.29, 1.82) is 0 Å². The number of carbonyl (C=O) groups excluding carboxylic acids is 8. The number of alkyl carbamates (subject to hydrolysis) is 1. The lowest BCUT2D eigenvalue weighted by atomic mass is 10.0. The van der Waals surface area contributed by atoms with E-state index < -0.39 is 66.1 Å². The van der Waals surface area contributed by atoms with Gasteiger partial charge < -0.3 is 149 Å². The zero-order valence-corrected chi connectivity index (χ0v) is 66.5. The van der Waals surface area contributed by atoms with Crippen LogP contribution >= 0.6 is 0 Å². The molecule has 2 heterocycles. The molecule has 0 aromatic carbocycles. The molecular weight excluding hydrogens is 1510 g/mol. The Balaban J connectivity index is 1.66. The van der Waals surface area contributed by atoms with Crippen molar-refractivity contribution in [2.45, 2.75) is 37.6 Å². The highest BCUT2D eigenvalue weighted by Gasteiger charge is 2.36. The Labute approximate surface area is 663 Å². The van der Waals surface area contributed by atoms with Crippen LogP contribution in [-0.2, 0) is 166 Å². The van der Waals surface area contributed by atoms with Gasteiger partial charge in [-0.15, -0.1) is 5.06 Å². The van der Waals surface area contributed by atoms with Gasteiger partial charge in [-0.1, -0.05) is 0 Å². The maximum atomic E-state index is 13.7. The van der Waals surface area contributed by atoms with E-state index in [0.717, 1.165) is 17.1 Å². The summed E-state index contributed by atoms with van der Waals surface area (Å²) in [7, 11) is 3.26. The topological polar surface area (TPSA) is 438 Å². The molecule has 2 rings (SSSR count). The van der Waals surface area contributed by atoms with Crippen LogP contribution in [-0.4, -0.2) is 434 Å². The van der Waals surface area contributed by atoms with Crippen LogP contribution < -0.4 is 16.0 Å². The van der Waals surface area contributed by atoms with Gasteiger partial charge in [0.1, 0.15) is 12.1 Å². The Morgan fingerprint density at radius 1 is 0.310 bits per heavy atom. The maximum absolute atomic E-state index is 13.7. The molecule has 0 unspecified atom stereocenters. The van der Waals surface area contributed by atoms with E-state index in [4.69, 9.17) is 133 Å². The summed E-state index contributed by atoms with van der Waals surface area (Å²) < 4.78 is 149. The summed E-state index contributed by atoms with van der Waals surface area (Å²) in [5.74, 6) is -4.54. The molecule has 0 bridgehead atoms. The number of hydrogen-bond donors (Lipinski definition) is 3. The monoisotopic (exact) mass is 1640 g/mol. The number of hydroxylamine groups is 2. The second kappa shape index (κ2) is 79.1. The molecular formula is C72H129N5O36. The summed E-state index contributed by atoms with van der Waals surface area (Å²) >= 11 is 0. The van der Waals surface area contributed by atoms with Gasteiger partial charge in [0.15, 0.2) is 0 Å². The second-order valence-corrected chi connectivity index (χ2v) is 23.7. The quantitative estimate of drug-likeness (QED) is 0.0441. The summed E-state index contributed by atoms with van der Waals surface area (Å²) in [4.78, 5) is 105. The van der Waals surface area contributed by atoms with Crippen molar-refractivity contribution >= 4 is 47.5 Å². The van der Waals surface area contributed by atoms with Crippen molar-refractivity contribution in [2.75, 3.05) is 371 Å². The molecule has 3 N–H and O–H groups in total. The first-order chi connectivity index (χ1) is 55.5. The predicted molar refractivity (Wildman–Crippen MR) is 394 cm³/mol. The Morgan fingerprint density at radius 3 is 0.823 bits per heavy atom. The zero-order chi connectivity index (χ0) is 81.3. The highest BCUT2D eigenvalue weighted by atomic mass is 16.7. The molecule has 41 heteroatoms. The Hall–Kier alpha value is -5.34. The van der Waals surface area contributed by atoms with Gasteiger partial charge in [0, 0.05) is 71.7 Å². The molecule has 0 atom stereocenters. The third-order valence-electron chi connectivity index (χ3n) is 14.6. The van der Waals surface area contributed by atoms with Crippen LogP contribution in [0.15, 0.2) is 12.2 Å². The van der Waals surface area contributed by atoms with Crippen molar-refractivity contribution < 1.29 is 171 Å². The van der Waals surface area contributed by atoms with E-state index >= 15 is 0 Å². The van der Waals surface area contributed by atoms with Gasteiger partial charge >= 0.3 is 12.1 Å². The Kier molecular flexibility index (Phi) is 72.7. The summed E-state index contributed by atoms with van der Waals surface area (Å²) in [6.45, 7) is 16.9. The summed E-state index contributed by atoms with van der Waals surface area (Å²) in [6, 6.07) is 0. The van der Waals surface area contributed by atoms with Crippen LogP contribution in [0.2, 0.25) is 0 Å². The third-order valence-corrected chi connectivity index (χ3v) is 14.6. The number of nitrogens with one attached hydrogen (secondary N) is 3. The van der Waals surface area contributed by atoms with Crippen LogP contribution in [0.1, 0.15) is 32.1 Å². The van der Waals surface area contributed by atoms with E-state index in [-0.39, 0.29) is 111 Å². The molecule has 2 aliphatic heterocycles. The maximum Gasteiger partial charge on any atom is 0.407 e. The number of amides is 7. The predicted octanol–water partition coefficient (Wildman–Crippen LogP) is -1.92. The molecule has 41 nitrogen and oxygen atoms in total. The molecule has 0 spiro atoms. The Morgan fingerprint density at radius 2 is 0.558 bits per heavy atom. The van der Waals surface area contributed by atoms with Crippen LogP contribution in [0, 0.1) is 0 Å². The SMILES string of the molecule is COCCOCCOCCOCCOCCOCCOCCOCCOCCOCCOCCOCCOCC(COCCOCCOCCOCCOCCOCCOCCOCCOCCOCCOCCOCCOC)(COC(=O)NCCC(=O)ON1C(=O)CCC1=O)NC(=O)CCNC(=O)CCN1C(=O)C=CC1=O. The van der Waals surface area contributed by atoms with E-state index in [1.165, 1.54) is 0 Å². The number of methoxy groups -OCH3 is 2. The fourth-order valence-electron chi connectivity index (χ4n) is 8.84. The fourth-order valence-corrected chi connectivity index (χ4v) is 8.84. The van der Waals surface area contributed by atoms with Crippen LogP contribution in [0.4, 0.5) is 4.79 Å². The number of hydrogen-bond acceptors (Lipinski definition) is 36. The summed E-state index contributed by atoms with van der Waals surface area (Å²) in [6.07, 6.45) is 0.0568. The molecule has 1 fully saturated rings. The normalized spacial score (nSPS) is 13.0. The van der Waals surface area contributed by atoms with Crippen LogP contribution in [0.5, 0.6) is 0 Å². The molecule has 7 amide bonds. The van der Waals surface area contributed by atoms with Crippen molar-refractivity contribution in [3.8, 4) is 0 Å². The first kappa shape index (κ1) is 104. The van der Waals surface area contributed by atoms with E-state index in [9.17, 15) is 38.4 Å². The summed E-state index contributed by atoms with van der Waals surface area (Å²) in [5.41, 5.74) is -1.58. The van der Waals surface area contributed by atoms with Crippen molar-refractivity contribution in [3.05, 3.63) is 12.2 Å². The molecule has 1 saturated heterocycles. The van der Waals surface area contributed by atoms with E-state index in [1.807, 2.05) is 0 Å². The zero-order valence-electron chi connectivity index (χ0n) is 66.5. The molecule has 2 aliphatic rings. The highest BCUT2D eigenvalue weighted by Crippen LogP contribution is 2.14. The van der Waals surface area contributed by atoms with Crippen LogP contribution in [0.25, 0.3) is 0 Å². The van der Waals surface area contributed by atoms with Gasteiger partial charge in [-0.25, -0.2) is 9.59 Å². The molecule has 658 valence electrons. The lowest BCUT2D eigenvalue weighted by Crippen LogP contribution is -2.59. The number of ether oxygens (including phenoxy) is 27. The molecule has 0 aromatic heterocycles.